The number of nitro benzene ring substituents is 1. The molecule has 0 unspecified atom stereocenters. The third kappa shape index (κ3) is 5.89. The molecule has 1 atom stereocenters. The minimum Gasteiger partial charge on any atom is -0.497 e. The van der Waals surface area contributed by atoms with E-state index < -0.39 is 16.7 Å². The molecule has 11 heteroatoms. The number of hydrogen-bond acceptors (Lipinski definition) is 8. The Hall–Kier alpha value is -3.31. The summed E-state index contributed by atoms with van der Waals surface area (Å²) in [7, 11) is 2.90. The highest BCUT2D eigenvalue weighted by Gasteiger charge is 2.21. The molecule has 10 nitrogen and oxygen atoms in total. The molecule has 2 amide bonds. The molecule has 0 spiro atoms. The highest BCUT2D eigenvalue weighted by atomic mass is 32.2. The molecule has 1 aliphatic rings. The second-order valence-corrected chi connectivity index (χ2v) is 7.96. The van der Waals surface area contributed by atoms with Gasteiger partial charge in [-0.3, -0.25) is 30.6 Å². The van der Waals surface area contributed by atoms with Crippen LogP contribution in [-0.4, -0.2) is 49.4 Å². The molecule has 1 heterocycles. The molecule has 3 rings (SSSR count). The summed E-state index contributed by atoms with van der Waals surface area (Å²) in [6.07, 6.45) is 1.99. The lowest BCUT2D eigenvalue weighted by Gasteiger charge is -2.11. The number of hydrazine groups is 1. The number of amides is 2. The number of nitrogens with one attached hydrogen (secondary N) is 2. The van der Waals surface area contributed by atoms with Crippen molar-refractivity contribution in [2.75, 3.05) is 26.6 Å². The van der Waals surface area contributed by atoms with Gasteiger partial charge in [0, 0.05) is 35.6 Å². The van der Waals surface area contributed by atoms with Gasteiger partial charge in [0.25, 0.3) is 17.5 Å². The summed E-state index contributed by atoms with van der Waals surface area (Å²) in [6, 6.07) is 8.76. The van der Waals surface area contributed by atoms with E-state index in [4.69, 9.17) is 14.2 Å². The number of hydrogen-bond donors (Lipinski definition) is 2. The maximum absolute atomic E-state index is 12.5. The number of thioether (sulfide) groups is 1. The quantitative estimate of drug-likeness (QED) is 0.349. The first kappa shape index (κ1) is 23.4. The average molecular weight is 461 g/mol. The summed E-state index contributed by atoms with van der Waals surface area (Å²) < 4.78 is 15.8. The van der Waals surface area contributed by atoms with E-state index in [0.29, 0.717) is 28.8 Å². The number of nitrogens with zero attached hydrogens (tertiary/aromatic N) is 1. The third-order valence-corrected chi connectivity index (χ3v) is 5.96. The Balaban J connectivity index is 1.66. The van der Waals surface area contributed by atoms with E-state index >= 15 is 0 Å². The molecule has 0 bridgehead atoms. The van der Waals surface area contributed by atoms with Gasteiger partial charge >= 0.3 is 0 Å². The van der Waals surface area contributed by atoms with Gasteiger partial charge in [0.15, 0.2) is 0 Å². The molecule has 1 saturated heterocycles. The Morgan fingerprint density at radius 1 is 1.09 bits per heavy atom. The highest BCUT2D eigenvalue weighted by Crippen LogP contribution is 2.32. The Morgan fingerprint density at radius 3 is 2.31 bits per heavy atom. The van der Waals surface area contributed by atoms with Gasteiger partial charge in [0.1, 0.15) is 11.5 Å². The van der Waals surface area contributed by atoms with Crippen molar-refractivity contribution in [1.82, 2.24) is 10.9 Å². The molecule has 0 saturated carbocycles. The minimum absolute atomic E-state index is 0.0432. The van der Waals surface area contributed by atoms with Crippen molar-refractivity contribution in [1.29, 1.82) is 0 Å². The summed E-state index contributed by atoms with van der Waals surface area (Å²) in [6.45, 7) is 0.709. The molecular weight excluding hydrogens is 438 g/mol. The van der Waals surface area contributed by atoms with Crippen LogP contribution in [0.15, 0.2) is 41.3 Å². The lowest BCUT2D eigenvalue weighted by molar-refractivity contribution is -0.387. The summed E-state index contributed by atoms with van der Waals surface area (Å²) in [5, 5.41) is 11.5. The zero-order chi connectivity index (χ0) is 23.1. The van der Waals surface area contributed by atoms with Gasteiger partial charge in [-0.05, 0) is 37.1 Å². The number of carbonyl (C=O) groups is 2. The zero-order valence-electron chi connectivity index (χ0n) is 17.6. The topological polar surface area (TPSA) is 129 Å². The van der Waals surface area contributed by atoms with Crippen LogP contribution < -0.4 is 20.3 Å². The first-order valence-electron chi connectivity index (χ1n) is 9.78. The lowest BCUT2D eigenvalue weighted by Crippen LogP contribution is -2.41. The van der Waals surface area contributed by atoms with E-state index in [1.54, 1.807) is 6.07 Å². The Kier molecular flexibility index (Phi) is 7.90. The fourth-order valence-electron chi connectivity index (χ4n) is 3.08. The Bertz CT molecular complexity index is 987. The molecule has 0 aliphatic carbocycles. The van der Waals surface area contributed by atoms with E-state index in [-0.39, 0.29) is 22.9 Å². The molecule has 1 aliphatic heterocycles. The molecule has 1 fully saturated rings. The van der Waals surface area contributed by atoms with E-state index in [2.05, 4.69) is 10.9 Å². The van der Waals surface area contributed by atoms with Crippen molar-refractivity contribution in [3.8, 4) is 11.5 Å². The van der Waals surface area contributed by atoms with E-state index in [1.165, 1.54) is 56.3 Å². The second-order valence-electron chi connectivity index (χ2n) is 6.90. The number of carbonyl (C=O) groups excluding carboxylic acids is 2. The van der Waals surface area contributed by atoms with E-state index in [1.807, 2.05) is 0 Å². The summed E-state index contributed by atoms with van der Waals surface area (Å²) in [5.41, 5.74) is 4.62. The summed E-state index contributed by atoms with van der Waals surface area (Å²) in [4.78, 5) is 36.3. The van der Waals surface area contributed by atoms with Crippen LogP contribution in [0.2, 0.25) is 0 Å². The number of methoxy groups -OCH3 is 2. The van der Waals surface area contributed by atoms with Gasteiger partial charge in [-0.1, -0.05) is 0 Å². The van der Waals surface area contributed by atoms with Gasteiger partial charge in [0.2, 0.25) is 0 Å². The highest BCUT2D eigenvalue weighted by molar-refractivity contribution is 7.99. The van der Waals surface area contributed by atoms with Gasteiger partial charge < -0.3 is 14.2 Å². The molecule has 32 heavy (non-hydrogen) atoms. The summed E-state index contributed by atoms with van der Waals surface area (Å²) >= 11 is 1.32. The van der Waals surface area contributed by atoms with Crippen LogP contribution in [-0.2, 0) is 4.74 Å². The minimum atomic E-state index is -0.688. The molecule has 0 radical (unpaired) electrons. The number of benzene rings is 2. The monoisotopic (exact) mass is 461 g/mol. The fourth-order valence-corrected chi connectivity index (χ4v) is 4.15. The first-order valence-corrected chi connectivity index (χ1v) is 10.8. The smallest absolute Gasteiger partial charge is 0.283 e. The van der Waals surface area contributed by atoms with Crippen molar-refractivity contribution in [3.05, 3.63) is 57.6 Å². The van der Waals surface area contributed by atoms with Gasteiger partial charge in [0.05, 0.1) is 30.1 Å². The molecule has 0 aromatic heterocycles. The first-order chi connectivity index (χ1) is 15.4. The van der Waals surface area contributed by atoms with Gasteiger partial charge in [-0.15, -0.1) is 11.8 Å². The molecule has 170 valence electrons. The molecule has 2 N–H and O–H groups in total. The summed E-state index contributed by atoms with van der Waals surface area (Å²) in [5.74, 6) is 0.132. The zero-order valence-corrected chi connectivity index (χ0v) is 18.4. The third-order valence-electron chi connectivity index (χ3n) is 4.77. The number of rotatable bonds is 8. The molecule has 2 aromatic rings. The van der Waals surface area contributed by atoms with Crippen molar-refractivity contribution in [2.45, 2.75) is 23.8 Å². The van der Waals surface area contributed by atoms with Crippen LogP contribution in [0, 0.1) is 10.1 Å². The SMILES string of the molecule is COc1cc(OC)cc(C(=O)NNC(=O)c2ccc(SC[C@@H]3CCCO3)c([N+](=O)[O-])c2)c1. The maximum atomic E-state index is 12.5. The van der Waals surface area contributed by atoms with Crippen molar-refractivity contribution < 1.29 is 28.7 Å². The van der Waals surface area contributed by atoms with Crippen molar-refractivity contribution in [3.63, 3.8) is 0 Å². The maximum Gasteiger partial charge on any atom is 0.283 e. The molecule has 2 aromatic carbocycles. The van der Waals surface area contributed by atoms with Crippen LogP contribution in [0.1, 0.15) is 33.6 Å². The fraction of sp³-hybridized carbons (Fsp3) is 0.333. The van der Waals surface area contributed by atoms with Crippen LogP contribution in [0.25, 0.3) is 0 Å². The van der Waals surface area contributed by atoms with Gasteiger partial charge in [-0.2, -0.15) is 0 Å². The largest absolute Gasteiger partial charge is 0.497 e. The number of ether oxygens (including phenoxy) is 3. The standard InChI is InChI=1S/C21H23N3O7S/c1-29-16-8-14(9-17(11-16)30-2)21(26)23-22-20(25)13-5-6-19(18(10-13)24(27)28)32-12-15-4-3-7-31-15/h5-6,8-11,15H,3-4,7,12H2,1-2H3,(H,22,25)(H,23,26)/t15-/m0/s1. The predicted molar refractivity (Wildman–Crippen MR) is 117 cm³/mol. The van der Waals surface area contributed by atoms with Gasteiger partial charge in [-0.25, -0.2) is 0 Å². The van der Waals surface area contributed by atoms with Crippen molar-refractivity contribution >= 4 is 29.3 Å². The average Bonchev–Trinajstić information content (AvgIpc) is 3.34. The van der Waals surface area contributed by atoms with Crippen LogP contribution in [0.4, 0.5) is 5.69 Å². The van der Waals surface area contributed by atoms with Crippen LogP contribution in [0.3, 0.4) is 0 Å². The molecular formula is C21H23N3O7S. The van der Waals surface area contributed by atoms with Crippen LogP contribution >= 0.6 is 11.8 Å². The predicted octanol–water partition coefficient (Wildman–Crippen LogP) is 2.96. The van der Waals surface area contributed by atoms with Crippen LogP contribution in [0.5, 0.6) is 11.5 Å². The normalized spacial score (nSPS) is 15.1. The van der Waals surface area contributed by atoms with E-state index in [0.717, 1.165) is 12.8 Å². The Morgan fingerprint density at radius 2 is 1.75 bits per heavy atom. The second kappa shape index (κ2) is 10.8. The van der Waals surface area contributed by atoms with Crippen molar-refractivity contribution in [2.24, 2.45) is 0 Å². The van der Waals surface area contributed by atoms with E-state index in [9.17, 15) is 19.7 Å². The lowest BCUT2D eigenvalue weighted by atomic mass is 10.2. The Labute approximate surface area is 188 Å². The number of nitro groups is 1.